The largest absolute Gasteiger partial charge is 0.495 e. The number of carbonyl (C=O) groups is 3. The highest BCUT2D eigenvalue weighted by molar-refractivity contribution is 5.98. The number of rotatable bonds is 9. The molecule has 4 rings (SSSR count). The van der Waals surface area contributed by atoms with E-state index in [9.17, 15) is 19.5 Å². The van der Waals surface area contributed by atoms with Crippen molar-refractivity contribution in [2.75, 3.05) is 30.8 Å². The number of aryl methyl sites for hydroxylation is 1. The molecule has 1 unspecified atom stereocenters. The molecule has 5 N–H and O–H groups in total. The molecule has 0 spiro atoms. The van der Waals surface area contributed by atoms with Crippen LogP contribution >= 0.6 is 0 Å². The minimum atomic E-state index is -1.10. The summed E-state index contributed by atoms with van der Waals surface area (Å²) >= 11 is 0. The molecule has 13 nitrogen and oxygen atoms in total. The van der Waals surface area contributed by atoms with E-state index in [1.165, 1.54) is 31.5 Å². The van der Waals surface area contributed by atoms with Crippen LogP contribution in [0.25, 0.3) is 0 Å². The molecule has 2 aromatic heterocycles. The normalized spacial score (nSPS) is 14.8. The molecule has 1 aliphatic heterocycles. The number of carbonyl (C=O) groups excluding carboxylic acids is 2. The molecular weight excluding hydrogens is 480 g/mol. The Bertz CT molecular complexity index is 1390. The van der Waals surface area contributed by atoms with Crippen LogP contribution in [0.5, 0.6) is 5.75 Å². The molecule has 0 radical (unpaired) electrons. The zero-order chi connectivity index (χ0) is 26.7. The molecule has 1 aliphatic rings. The van der Waals surface area contributed by atoms with Crippen LogP contribution in [0.2, 0.25) is 0 Å². The number of aromatic carboxylic acids is 1. The summed E-state index contributed by atoms with van der Waals surface area (Å²) in [6.07, 6.45) is 6.74. The molecular formula is C24H26N8O5. The first-order chi connectivity index (χ1) is 17.7. The van der Waals surface area contributed by atoms with Crippen molar-refractivity contribution in [1.29, 1.82) is 0 Å². The van der Waals surface area contributed by atoms with Gasteiger partial charge in [0.2, 0.25) is 11.9 Å². The number of nitrogens with two attached hydrogens (primary N) is 1. The predicted octanol–water partition coefficient (Wildman–Crippen LogP) is 2.23. The molecule has 1 atom stereocenters. The fourth-order valence-corrected chi connectivity index (χ4v) is 4.05. The lowest BCUT2D eigenvalue weighted by Crippen LogP contribution is -2.27. The molecule has 37 heavy (non-hydrogen) atoms. The molecule has 2 amide bonds. The molecule has 0 aliphatic carbocycles. The van der Waals surface area contributed by atoms with Gasteiger partial charge in [-0.25, -0.2) is 9.78 Å². The second-order valence-electron chi connectivity index (χ2n) is 8.39. The van der Waals surface area contributed by atoms with E-state index in [1.807, 2.05) is 0 Å². The van der Waals surface area contributed by atoms with E-state index in [-0.39, 0.29) is 40.6 Å². The number of hydrogen-bond donors (Lipinski definition) is 4. The summed E-state index contributed by atoms with van der Waals surface area (Å²) in [5.41, 5.74) is 7.19. The summed E-state index contributed by atoms with van der Waals surface area (Å²) in [5.74, 6) is -1.43. The Morgan fingerprint density at radius 3 is 2.73 bits per heavy atom. The topological polar surface area (TPSA) is 178 Å². The number of nitrogens with one attached hydrogen (secondary N) is 2. The van der Waals surface area contributed by atoms with Crippen LogP contribution in [0.4, 0.5) is 23.1 Å². The van der Waals surface area contributed by atoms with Gasteiger partial charge in [0, 0.05) is 25.5 Å². The third-order valence-corrected chi connectivity index (χ3v) is 5.95. The minimum absolute atomic E-state index is 0.0269. The third-order valence-electron chi connectivity index (χ3n) is 5.95. The number of nitrogens with zero attached hydrogens (tertiary/aromatic N) is 5. The second-order valence-corrected chi connectivity index (χ2v) is 8.39. The number of amides is 2. The number of benzene rings is 1. The minimum Gasteiger partial charge on any atom is -0.495 e. The highest BCUT2D eigenvalue weighted by Crippen LogP contribution is 2.33. The number of methoxy groups -OCH3 is 1. The molecule has 0 bridgehead atoms. The van der Waals surface area contributed by atoms with Crippen molar-refractivity contribution in [1.82, 2.24) is 24.6 Å². The molecule has 13 heteroatoms. The Hall–Kier alpha value is -4.94. The lowest BCUT2D eigenvalue weighted by atomic mass is 10.1. The number of ether oxygens (including phenoxy) is 1. The van der Waals surface area contributed by atoms with E-state index in [1.54, 1.807) is 28.9 Å². The van der Waals surface area contributed by atoms with Crippen LogP contribution in [-0.2, 0) is 4.79 Å². The van der Waals surface area contributed by atoms with E-state index in [2.05, 4.69) is 32.3 Å². The lowest BCUT2D eigenvalue weighted by Gasteiger charge is -2.16. The highest BCUT2D eigenvalue weighted by Gasteiger charge is 2.27. The van der Waals surface area contributed by atoms with Crippen molar-refractivity contribution in [3.8, 4) is 5.75 Å². The fraction of sp³-hybridized carbons (Fsp3) is 0.250. The maximum atomic E-state index is 12.0. The maximum Gasteiger partial charge on any atom is 0.335 e. The Morgan fingerprint density at radius 2 is 2.05 bits per heavy atom. The standard InChI is InChI=1S/C24H26N8O5/c1-4-19(33)31-6-5-16(12-31)32-11-15(9-27-32)28-24-26-10-17(21(25)34)22(30-24)29-20-13(2)7-14(23(35)36)8-18(20)37-3/h4,7-11,16H,1,5-6,12H2,2-3H3,(H2,25,34)(H,35,36)(H2,26,28,29,30). The summed E-state index contributed by atoms with van der Waals surface area (Å²) in [6.45, 7) is 6.38. The first-order valence-electron chi connectivity index (χ1n) is 11.3. The molecule has 3 heterocycles. The van der Waals surface area contributed by atoms with Crippen LogP contribution in [0.1, 0.15) is 38.7 Å². The van der Waals surface area contributed by atoms with Crippen molar-refractivity contribution in [3.05, 3.63) is 60.1 Å². The Balaban J connectivity index is 1.58. The van der Waals surface area contributed by atoms with Gasteiger partial charge in [-0.15, -0.1) is 0 Å². The molecule has 0 saturated carbocycles. The van der Waals surface area contributed by atoms with Crippen molar-refractivity contribution >= 4 is 40.9 Å². The first-order valence-corrected chi connectivity index (χ1v) is 11.3. The van der Waals surface area contributed by atoms with Crippen LogP contribution in [0, 0.1) is 6.92 Å². The number of anilines is 4. The van der Waals surface area contributed by atoms with Gasteiger partial charge >= 0.3 is 5.97 Å². The fourth-order valence-electron chi connectivity index (χ4n) is 4.05. The smallest absolute Gasteiger partial charge is 0.335 e. The van der Waals surface area contributed by atoms with E-state index in [0.29, 0.717) is 30.0 Å². The average molecular weight is 507 g/mol. The molecule has 3 aromatic rings. The van der Waals surface area contributed by atoms with Crippen molar-refractivity contribution in [2.24, 2.45) is 5.73 Å². The number of carboxylic acid groups (broad SMARTS) is 1. The van der Waals surface area contributed by atoms with E-state index in [0.717, 1.165) is 6.42 Å². The Labute approximate surface area is 212 Å². The number of likely N-dealkylation sites (tertiary alicyclic amines) is 1. The summed E-state index contributed by atoms with van der Waals surface area (Å²) in [5, 5.41) is 19.8. The van der Waals surface area contributed by atoms with Gasteiger partial charge < -0.3 is 31.1 Å². The number of hydrogen-bond acceptors (Lipinski definition) is 9. The lowest BCUT2D eigenvalue weighted by molar-refractivity contribution is -0.125. The van der Waals surface area contributed by atoms with E-state index < -0.39 is 11.9 Å². The zero-order valence-corrected chi connectivity index (χ0v) is 20.3. The van der Waals surface area contributed by atoms with E-state index >= 15 is 0 Å². The highest BCUT2D eigenvalue weighted by atomic mass is 16.5. The number of primary amides is 1. The van der Waals surface area contributed by atoms with Gasteiger partial charge in [0.05, 0.1) is 36.3 Å². The number of aromatic nitrogens is 4. The Morgan fingerprint density at radius 1 is 1.27 bits per heavy atom. The summed E-state index contributed by atoms with van der Waals surface area (Å²) in [7, 11) is 1.40. The summed E-state index contributed by atoms with van der Waals surface area (Å²) in [4.78, 5) is 45.6. The van der Waals surface area contributed by atoms with Crippen LogP contribution in [-0.4, -0.2) is 67.7 Å². The monoisotopic (exact) mass is 506 g/mol. The SMILES string of the molecule is C=CC(=O)N1CCC(n2cc(Nc3ncc(C(N)=O)c(Nc4c(C)cc(C(=O)O)cc4OC)n3)cn2)C1. The molecule has 1 saturated heterocycles. The van der Waals surface area contributed by atoms with Gasteiger partial charge in [-0.05, 0) is 37.1 Å². The van der Waals surface area contributed by atoms with Crippen LogP contribution < -0.4 is 21.1 Å². The van der Waals surface area contributed by atoms with Gasteiger partial charge in [0.25, 0.3) is 5.91 Å². The third kappa shape index (κ3) is 5.34. The van der Waals surface area contributed by atoms with Gasteiger partial charge in [0.1, 0.15) is 17.1 Å². The molecule has 1 aromatic carbocycles. The van der Waals surface area contributed by atoms with Gasteiger partial charge in [-0.3, -0.25) is 14.3 Å². The summed E-state index contributed by atoms with van der Waals surface area (Å²) < 4.78 is 7.13. The van der Waals surface area contributed by atoms with Gasteiger partial charge in [0.15, 0.2) is 0 Å². The maximum absolute atomic E-state index is 12.0. The average Bonchev–Trinajstić information content (AvgIpc) is 3.54. The van der Waals surface area contributed by atoms with E-state index in [4.69, 9.17) is 10.5 Å². The van der Waals surface area contributed by atoms with Crippen molar-refractivity contribution < 1.29 is 24.2 Å². The number of carboxylic acids is 1. The first kappa shape index (κ1) is 25.2. The van der Waals surface area contributed by atoms with Gasteiger partial charge in [-0.1, -0.05) is 6.58 Å². The van der Waals surface area contributed by atoms with Crippen molar-refractivity contribution in [3.63, 3.8) is 0 Å². The Kier molecular flexibility index (Phi) is 7.04. The molecule has 192 valence electrons. The zero-order valence-electron chi connectivity index (χ0n) is 20.3. The second kappa shape index (κ2) is 10.4. The molecule has 1 fully saturated rings. The predicted molar refractivity (Wildman–Crippen MR) is 134 cm³/mol. The van der Waals surface area contributed by atoms with Gasteiger partial charge in [-0.2, -0.15) is 10.1 Å². The van der Waals surface area contributed by atoms with Crippen LogP contribution in [0.3, 0.4) is 0 Å². The van der Waals surface area contributed by atoms with Crippen LogP contribution in [0.15, 0.2) is 43.4 Å². The van der Waals surface area contributed by atoms with Crippen molar-refractivity contribution in [2.45, 2.75) is 19.4 Å². The summed E-state index contributed by atoms with van der Waals surface area (Å²) in [6, 6.07) is 2.86. The quantitative estimate of drug-likeness (QED) is 0.315.